The third kappa shape index (κ3) is 2.89. The van der Waals surface area contributed by atoms with Crippen molar-refractivity contribution in [2.75, 3.05) is 11.9 Å². The van der Waals surface area contributed by atoms with Gasteiger partial charge in [-0.3, -0.25) is 0 Å². The molecule has 1 heterocycles. The molecule has 0 spiro atoms. The van der Waals surface area contributed by atoms with E-state index in [0.29, 0.717) is 6.54 Å². The molecule has 18 heavy (non-hydrogen) atoms. The fourth-order valence-electron chi connectivity index (χ4n) is 1.80. The number of rotatable bonds is 4. The molecule has 0 aliphatic rings. The highest BCUT2D eigenvalue weighted by Gasteiger charge is 2.10. The molecule has 0 radical (unpaired) electrons. The van der Waals surface area contributed by atoms with Crippen molar-refractivity contribution in [2.45, 2.75) is 26.9 Å². The Bertz CT molecular complexity index is 516. The molecular formula is C14H19N3S. The molecule has 0 fully saturated rings. The fraction of sp³-hybridized carbons (Fsp3) is 0.357. The van der Waals surface area contributed by atoms with Gasteiger partial charge in [0, 0.05) is 25.0 Å². The van der Waals surface area contributed by atoms with Gasteiger partial charge in [-0.05, 0) is 19.4 Å². The molecule has 1 aromatic carbocycles. The zero-order valence-electron chi connectivity index (χ0n) is 11.1. The number of anilines is 1. The van der Waals surface area contributed by atoms with E-state index in [1.54, 1.807) is 11.3 Å². The molecule has 1 aromatic heterocycles. The zero-order chi connectivity index (χ0) is 13.1. The van der Waals surface area contributed by atoms with Crippen molar-refractivity contribution in [1.29, 1.82) is 0 Å². The van der Waals surface area contributed by atoms with E-state index < -0.39 is 0 Å². The minimum Gasteiger partial charge on any atom is -0.347 e. The molecule has 0 amide bonds. The van der Waals surface area contributed by atoms with Crippen LogP contribution in [0.15, 0.2) is 24.3 Å². The molecular weight excluding hydrogens is 242 g/mol. The summed E-state index contributed by atoms with van der Waals surface area (Å²) in [7, 11) is 2.07. The summed E-state index contributed by atoms with van der Waals surface area (Å²) in [5.41, 5.74) is 9.32. The second kappa shape index (κ2) is 5.50. The lowest BCUT2D eigenvalue weighted by molar-refractivity contribution is 0.909. The number of aromatic nitrogens is 1. The molecule has 2 N–H and O–H groups in total. The molecule has 0 atom stereocenters. The number of benzene rings is 1. The standard InChI is InChI=1S/C14H19N3S/c1-10-4-6-12(7-5-10)9-17(3)14-16-11(2)13(8-15)18-14/h4-7H,8-9,15H2,1-3H3. The minimum atomic E-state index is 0.571. The molecule has 0 saturated carbocycles. The summed E-state index contributed by atoms with van der Waals surface area (Å²) < 4.78 is 0. The Labute approximate surface area is 112 Å². The first-order chi connectivity index (χ1) is 8.60. The second-order valence-electron chi connectivity index (χ2n) is 4.55. The van der Waals surface area contributed by atoms with Gasteiger partial charge in [0.2, 0.25) is 0 Å². The van der Waals surface area contributed by atoms with E-state index in [0.717, 1.165) is 17.4 Å². The summed E-state index contributed by atoms with van der Waals surface area (Å²) in [5, 5.41) is 1.04. The molecule has 2 aromatic rings. The van der Waals surface area contributed by atoms with E-state index in [2.05, 4.69) is 48.1 Å². The van der Waals surface area contributed by atoms with Crippen molar-refractivity contribution >= 4 is 16.5 Å². The van der Waals surface area contributed by atoms with Crippen LogP contribution in [0.5, 0.6) is 0 Å². The predicted molar refractivity (Wildman–Crippen MR) is 78.0 cm³/mol. The Morgan fingerprint density at radius 3 is 2.44 bits per heavy atom. The van der Waals surface area contributed by atoms with Crippen molar-refractivity contribution in [3.05, 3.63) is 46.0 Å². The van der Waals surface area contributed by atoms with Crippen LogP contribution in [0.4, 0.5) is 5.13 Å². The molecule has 0 unspecified atom stereocenters. The average molecular weight is 261 g/mol. The predicted octanol–water partition coefficient (Wildman–Crippen LogP) is 2.86. The third-order valence-electron chi connectivity index (χ3n) is 2.93. The van der Waals surface area contributed by atoms with Crippen molar-refractivity contribution < 1.29 is 0 Å². The monoisotopic (exact) mass is 261 g/mol. The van der Waals surface area contributed by atoms with Gasteiger partial charge in [0.25, 0.3) is 0 Å². The zero-order valence-corrected chi connectivity index (χ0v) is 11.9. The first-order valence-corrected chi connectivity index (χ1v) is 6.85. The highest BCUT2D eigenvalue weighted by molar-refractivity contribution is 7.15. The minimum absolute atomic E-state index is 0.571. The number of aryl methyl sites for hydroxylation is 2. The van der Waals surface area contributed by atoms with Gasteiger partial charge in [-0.2, -0.15) is 0 Å². The van der Waals surface area contributed by atoms with Gasteiger partial charge < -0.3 is 10.6 Å². The van der Waals surface area contributed by atoms with Gasteiger partial charge in [-0.15, -0.1) is 11.3 Å². The second-order valence-corrected chi connectivity index (χ2v) is 5.61. The number of thiazole rings is 1. The Morgan fingerprint density at radius 1 is 1.22 bits per heavy atom. The van der Waals surface area contributed by atoms with Gasteiger partial charge in [-0.1, -0.05) is 29.8 Å². The summed E-state index contributed by atoms with van der Waals surface area (Å²) in [6.07, 6.45) is 0. The van der Waals surface area contributed by atoms with Crippen LogP contribution in [-0.4, -0.2) is 12.0 Å². The van der Waals surface area contributed by atoms with Gasteiger partial charge >= 0.3 is 0 Å². The maximum Gasteiger partial charge on any atom is 0.185 e. The van der Waals surface area contributed by atoms with Crippen molar-refractivity contribution in [3.8, 4) is 0 Å². The van der Waals surface area contributed by atoms with Gasteiger partial charge in [0.15, 0.2) is 5.13 Å². The first kappa shape index (κ1) is 13.1. The average Bonchev–Trinajstić information content (AvgIpc) is 2.73. The van der Waals surface area contributed by atoms with E-state index >= 15 is 0 Å². The lowest BCUT2D eigenvalue weighted by atomic mass is 10.1. The van der Waals surface area contributed by atoms with Crippen molar-refractivity contribution in [1.82, 2.24) is 4.98 Å². The summed E-state index contributed by atoms with van der Waals surface area (Å²) >= 11 is 1.68. The maximum absolute atomic E-state index is 5.69. The van der Waals surface area contributed by atoms with Gasteiger partial charge in [0.05, 0.1) is 5.69 Å². The van der Waals surface area contributed by atoms with E-state index in [1.165, 1.54) is 16.0 Å². The Hall–Kier alpha value is -1.39. The SMILES string of the molecule is Cc1ccc(CN(C)c2nc(C)c(CN)s2)cc1. The van der Waals surface area contributed by atoms with Crippen LogP contribution in [0, 0.1) is 13.8 Å². The Morgan fingerprint density at radius 2 is 1.89 bits per heavy atom. The van der Waals surface area contributed by atoms with Crippen LogP contribution < -0.4 is 10.6 Å². The van der Waals surface area contributed by atoms with Crippen LogP contribution >= 0.6 is 11.3 Å². The molecule has 0 bridgehead atoms. The van der Waals surface area contributed by atoms with Crippen LogP contribution in [0.2, 0.25) is 0 Å². The molecule has 4 heteroatoms. The van der Waals surface area contributed by atoms with Crippen LogP contribution in [-0.2, 0) is 13.1 Å². The highest BCUT2D eigenvalue weighted by atomic mass is 32.1. The highest BCUT2D eigenvalue weighted by Crippen LogP contribution is 2.25. The van der Waals surface area contributed by atoms with Crippen molar-refractivity contribution in [3.63, 3.8) is 0 Å². The van der Waals surface area contributed by atoms with Crippen LogP contribution in [0.1, 0.15) is 21.7 Å². The molecule has 0 aliphatic carbocycles. The summed E-state index contributed by atoms with van der Waals surface area (Å²) in [6, 6.07) is 8.61. The molecule has 0 aliphatic heterocycles. The molecule has 2 rings (SSSR count). The van der Waals surface area contributed by atoms with Gasteiger partial charge in [0.1, 0.15) is 0 Å². The lowest BCUT2D eigenvalue weighted by Crippen LogP contribution is -2.15. The number of hydrogen-bond acceptors (Lipinski definition) is 4. The van der Waals surface area contributed by atoms with E-state index in [4.69, 9.17) is 5.73 Å². The number of hydrogen-bond donors (Lipinski definition) is 1. The Balaban J connectivity index is 2.11. The van der Waals surface area contributed by atoms with Crippen LogP contribution in [0.3, 0.4) is 0 Å². The smallest absolute Gasteiger partial charge is 0.185 e. The first-order valence-electron chi connectivity index (χ1n) is 6.03. The Kier molecular flexibility index (Phi) is 3.99. The summed E-state index contributed by atoms with van der Waals surface area (Å²) in [5.74, 6) is 0. The summed E-state index contributed by atoms with van der Waals surface area (Å²) in [6.45, 7) is 5.56. The fourth-order valence-corrected chi connectivity index (χ4v) is 2.70. The lowest BCUT2D eigenvalue weighted by Gasteiger charge is -2.15. The molecule has 3 nitrogen and oxygen atoms in total. The van der Waals surface area contributed by atoms with Crippen LogP contribution in [0.25, 0.3) is 0 Å². The number of nitrogens with two attached hydrogens (primary N) is 1. The van der Waals surface area contributed by atoms with Gasteiger partial charge in [-0.25, -0.2) is 4.98 Å². The molecule has 0 saturated heterocycles. The maximum atomic E-state index is 5.69. The summed E-state index contributed by atoms with van der Waals surface area (Å²) in [4.78, 5) is 7.90. The van der Waals surface area contributed by atoms with E-state index in [1.807, 2.05) is 6.92 Å². The normalized spacial score (nSPS) is 10.7. The quantitative estimate of drug-likeness (QED) is 0.920. The third-order valence-corrected chi connectivity index (χ3v) is 4.23. The van der Waals surface area contributed by atoms with Crippen molar-refractivity contribution in [2.24, 2.45) is 5.73 Å². The van der Waals surface area contributed by atoms with E-state index in [9.17, 15) is 0 Å². The largest absolute Gasteiger partial charge is 0.347 e. The number of nitrogens with zero attached hydrogens (tertiary/aromatic N) is 2. The molecule has 96 valence electrons. The topological polar surface area (TPSA) is 42.2 Å². The van der Waals surface area contributed by atoms with E-state index in [-0.39, 0.29) is 0 Å².